The van der Waals surface area contributed by atoms with Crippen LogP contribution in [-0.4, -0.2) is 5.60 Å². The van der Waals surface area contributed by atoms with Crippen LogP contribution in [0.3, 0.4) is 0 Å². The Kier molecular flexibility index (Phi) is 2.76. The summed E-state index contributed by atoms with van der Waals surface area (Å²) in [5.41, 5.74) is 6.64. The molecule has 0 radical (unpaired) electrons. The molecule has 2 N–H and O–H groups in total. The van der Waals surface area contributed by atoms with Crippen molar-refractivity contribution in [2.24, 2.45) is 5.73 Å². The molecule has 1 unspecified atom stereocenters. The van der Waals surface area contributed by atoms with Crippen LogP contribution in [0, 0.1) is 0 Å². The maximum absolute atomic E-state index is 6.34. The van der Waals surface area contributed by atoms with E-state index in [1.807, 2.05) is 32.9 Å². The van der Waals surface area contributed by atoms with Crippen LogP contribution < -0.4 is 10.5 Å². The van der Waals surface area contributed by atoms with Gasteiger partial charge in [-0.1, -0.05) is 11.6 Å². The van der Waals surface area contributed by atoms with Crippen LogP contribution in [0.2, 0.25) is 5.02 Å². The molecule has 1 atom stereocenters. The summed E-state index contributed by atoms with van der Waals surface area (Å²) in [5, 5.41) is 0.672. The van der Waals surface area contributed by atoms with Crippen molar-refractivity contribution in [2.75, 3.05) is 0 Å². The highest BCUT2D eigenvalue weighted by molar-refractivity contribution is 9.10. The maximum atomic E-state index is 6.34. The minimum atomic E-state index is -0.412. The van der Waals surface area contributed by atoms with E-state index in [9.17, 15) is 0 Å². The van der Waals surface area contributed by atoms with Crippen molar-refractivity contribution < 1.29 is 4.74 Å². The maximum Gasteiger partial charge on any atom is 0.139 e. The average molecular weight is 305 g/mol. The third-order valence-corrected chi connectivity index (χ3v) is 3.60. The van der Waals surface area contributed by atoms with Crippen molar-refractivity contribution in [3.8, 4) is 5.75 Å². The number of hydrogen-bond acceptors (Lipinski definition) is 2. The summed E-state index contributed by atoms with van der Waals surface area (Å²) in [6.45, 7) is 6.10. The second-order valence-corrected chi connectivity index (χ2v) is 6.51. The normalized spacial score (nSPS) is 27.1. The Morgan fingerprint density at radius 1 is 1.38 bits per heavy atom. The zero-order chi connectivity index (χ0) is 12.1. The Bertz CT molecular complexity index is 443. The quantitative estimate of drug-likeness (QED) is 0.790. The monoisotopic (exact) mass is 303 g/mol. The molecule has 4 heteroatoms. The second kappa shape index (κ2) is 3.62. The number of hydrogen-bond donors (Lipinski definition) is 1. The summed E-state index contributed by atoms with van der Waals surface area (Å²) in [6, 6.07) is 3.72. The molecule has 1 aromatic rings. The lowest BCUT2D eigenvalue weighted by molar-refractivity contribution is 0.0493. The Morgan fingerprint density at radius 2 is 2.00 bits per heavy atom. The molecule has 0 aliphatic carbocycles. The minimum absolute atomic E-state index is 0.257. The van der Waals surface area contributed by atoms with Gasteiger partial charge >= 0.3 is 0 Å². The fourth-order valence-corrected chi connectivity index (χ4v) is 3.27. The fourth-order valence-electron chi connectivity index (χ4n) is 2.38. The Balaban J connectivity index is 2.64. The summed E-state index contributed by atoms with van der Waals surface area (Å²) in [6.07, 6.45) is 0.764. The molecule has 0 fully saturated rings. The van der Waals surface area contributed by atoms with Crippen LogP contribution in [-0.2, 0) is 5.54 Å². The van der Waals surface area contributed by atoms with Crippen molar-refractivity contribution in [3.05, 3.63) is 27.2 Å². The first-order valence-corrected chi connectivity index (χ1v) is 6.36. The van der Waals surface area contributed by atoms with Crippen LogP contribution >= 0.6 is 27.5 Å². The van der Waals surface area contributed by atoms with E-state index < -0.39 is 5.54 Å². The van der Waals surface area contributed by atoms with Gasteiger partial charge in [0.05, 0.1) is 4.47 Å². The number of benzene rings is 1. The van der Waals surface area contributed by atoms with Gasteiger partial charge in [-0.3, -0.25) is 0 Å². The van der Waals surface area contributed by atoms with Crippen molar-refractivity contribution in [2.45, 2.75) is 38.3 Å². The Morgan fingerprint density at radius 3 is 2.62 bits per heavy atom. The lowest BCUT2D eigenvalue weighted by atomic mass is 9.80. The molecule has 0 saturated carbocycles. The van der Waals surface area contributed by atoms with E-state index in [4.69, 9.17) is 22.1 Å². The van der Waals surface area contributed by atoms with Crippen molar-refractivity contribution in [1.29, 1.82) is 0 Å². The molecule has 88 valence electrons. The van der Waals surface area contributed by atoms with Crippen molar-refractivity contribution >= 4 is 27.5 Å². The summed E-state index contributed by atoms with van der Waals surface area (Å²) in [5.74, 6) is 0.811. The molecule has 1 aliphatic heterocycles. The van der Waals surface area contributed by atoms with Crippen LogP contribution in [0.4, 0.5) is 0 Å². The van der Waals surface area contributed by atoms with Gasteiger partial charge in [0.15, 0.2) is 0 Å². The molecule has 2 rings (SSSR count). The van der Waals surface area contributed by atoms with Crippen LogP contribution in [0.25, 0.3) is 0 Å². The summed E-state index contributed by atoms with van der Waals surface area (Å²) >= 11 is 9.51. The largest absolute Gasteiger partial charge is 0.486 e. The zero-order valence-electron chi connectivity index (χ0n) is 9.60. The third kappa shape index (κ3) is 2.08. The SMILES string of the molecule is CC1(C)CC(C)(N)c2cc(Cl)cc(Br)c2O1. The molecule has 16 heavy (non-hydrogen) atoms. The summed E-state index contributed by atoms with van der Waals surface area (Å²) < 4.78 is 6.82. The molecule has 0 amide bonds. The first-order chi connectivity index (χ1) is 7.21. The van der Waals surface area contributed by atoms with Gasteiger partial charge in [0.25, 0.3) is 0 Å². The van der Waals surface area contributed by atoms with Gasteiger partial charge in [-0.05, 0) is 48.8 Å². The second-order valence-electron chi connectivity index (χ2n) is 5.22. The van der Waals surface area contributed by atoms with E-state index in [0.29, 0.717) is 5.02 Å². The highest BCUT2D eigenvalue weighted by Gasteiger charge is 2.40. The average Bonchev–Trinajstić information content (AvgIpc) is 2.05. The van der Waals surface area contributed by atoms with Gasteiger partial charge in [-0.2, -0.15) is 0 Å². The zero-order valence-corrected chi connectivity index (χ0v) is 11.9. The lowest BCUT2D eigenvalue weighted by Gasteiger charge is -2.42. The predicted octanol–water partition coefficient (Wildman–Crippen LogP) is 3.84. The highest BCUT2D eigenvalue weighted by Crippen LogP contribution is 2.46. The van der Waals surface area contributed by atoms with Crippen molar-refractivity contribution in [1.82, 2.24) is 0 Å². The van der Waals surface area contributed by atoms with E-state index >= 15 is 0 Å². The number of halogens is 2. The molecule has 0 bridgehead atoms. The van der Waals surface area contributed by atoms with Gasteiger partial charge in [0.1, 0.15) is 11.4 Å². The fraction of sp³-hybridized carbons (Fsp3) is 0.500. The lowest BCUT2D eigenvalue weighted by Crippen LogP contribution is -2.47. The molecule has 2 nitrogen and oxygen atoms in total. The standard InChI is InChI=1S/C12H15BrClNO/c1-11(2)6-12(3,15)8-4-7(14)5-9(13)10(8)16-11/h4-5H,6,15H2,1-3H3. The van der Waals surface area contributed by atoms with Gasteiger partial charge < -0.3 is 10.5 Å². The first kappa shape index (κ1) is 12.2. The smallest absolute Gasteiger partial charge is 0.139 e. The molecule has 0 saturated heterocycles. The molecule has 0 aromatic heterocycles. The van der Waals surface area contributed by atoms with Crippen molar-refractivity contribution in [3.63, 3.8) is 0 Å². The molecule has 1 aliphatic rings. The summed E-state index contributed by atoms with van der Waals surface area (Å²) in [7, 11) is 0. The number of ether oxygens (including phenoxy) is 1. The van der Waals surface area contributed by atoms with E-state index in [2.05, 4.69) is 15.9 Å². The molecule has 1 aromatic carbocycles. The van der Waals surface area contributed by atoms with Gasteiger partial charge in [-0.25, -0.2) is 0 Å². The van der Waals surface area contributed by atoms with Gasteiger partial charge in [-0.15, -0.1) is 0 Å². The van der Waals surface area contributed by atoms with E-state index in [1.54, 1.807) is 0 Å². The van der Waals surface area contributed by atoms with E-state index in [1.165, 1.54) is 0 Å². The van der Waals surface area contributed by atoms with E-state index in [-0.39, 0.29) is 5.60 Å². The molecular formula is C12H15BrClNO. The first-order valence-electron chi connectivity index (χ1n) is 5.19. The number of rotatable bonds is 0. The van der Waals surface area contributed by atoms with Crippen LogP contribution in [0.15, 0.2) is 16.6 Å². The van der Waals surface area contributed by atoms with E-state index in [0.717, 1.165) is 22.2 Å². The summed E-state index contributed by atoms with van der Waals surface area (Å²) in [4.78, 5) is 0. The Labute approximate surface area is 109 Å². The van der Waals surface area contributed by atoms with Gasteiger partial charge in [0, 0.05) is 22.5 Å². The molecule has 0 spiro atoms. The number of fused-ring (bicyclic) bond motifs is 1. The van der Waals surface area contributed by atoms with Gasteiger partial charge in [0.2, 0.25) is 0 Å². The number of nitrogens with two attached hydrogens (primary N) is 1. The van der Waals surface area contributed by atoms with Crippen LogP contribution in [0.1, 0.15) is 32.8 Å². The molecular weight excluding hydrogens is 289 g/mol. The molecule has 1 heterocycles. The third-order valence-electron chi connectivity index (χ3n) is 2.79. The minimum Gasteiger partial charge on any atom is -0.486 e. The topological polar surface area (TPSA) is 35.2 Å². The van der Waals surface area contributed by atoms with Crippen LogP contribution in [0.5, 0.6) is 5.75 Å². The Hall–Kier alpha value is -0.250. The predicted molar refractivity (Wildman–Crippen MR) is 70.0 cm³/mol. The highest BCUT2D eigenvalue weighted by atomic mass is 79.9.